The fourth-order valence-electron chi connectivity index (χ4n) is 3.26. The standard InChI is InChI=1S/C21H30N6O3.HI/c1-4-22-21(27-9-11-30-20(15-27)17-13-24-26(3)14-17)23-8-10-29-19-7-5-6-18(12-19)25-16(2)28;/h5-7,12-14,20H,4,8-11,15H2,1-3H3,(H,22,23)(H,25,28);1H. The summed E-state index contributed by atoms with van der Waals surface area (Å²) in [5.41, 5.74) is 1.78. The summed E-state index contributed by atoms with van der Waals surface area (Å²) in [6.45, 7) is 7.41. The van der Waals surface area contributed by atoms with Crippen molar-refractivity contribution < 1.29 is 14.3 Å². The van der Waals surface area contributed by atoms with Gasteiger partial charge in [0.25, 0.3) is 0 Å². The van der Waals surface area contributed by atoms with Crippen molar-refractivity contribution in [2.75, 3.05) is 44.7 Å². The summed E-state index contributed by atoms with van der Waals surface area (Å²) in [6.07, 6.45) is 3.81. The molecule has 1 amide bonds. The number of anilines is 1. The van der Waals surface area contributed by atoms with Crippen LogP contribution in [0.1, 0.15) is 25.5 Å². The maximum Gasteiger partial charge on any atom is 0.221 e. The van der Waals surface area contributed by atoms with Gasteiger partial charge in [-0.05, 0) is 19.1 Å². The Kier molecular flexibility index (Phi) is 10.0. The summed E-state index contributed by atoms with van der Waals surface area (Å²) >= 11 is 0. The minimum absolute atomic E-state index is 0. The molecule has 2 aromatic rings. The minimum atomic E-state index is -0.109. The number of aryl methyl sites for hydroxylation is 1. The fraction of sp³-hybridized carbons (Fsp3) is 0.476. The van der Waals surface area contributed by atoms with Crippen molar-refractivity contribution in [2.24, 2.45) is 12.0 Å². The second kappa shape index (κ2) is 12.5. The summed E-state index contributed by atoms with van der Waals surface area (Å²) in [5, 5.41) is 10.3. The van der Waals surface area contributed by atoms with Gasteiger partial charge in [0.2, 0.25) is 5.91 Å². The van der Waals surface area contributed by atoms with Gasteiger partial charge in [-0.1, -0.05) is 6.07 Å². The molecular weight excluding hydrogens is 511 g/mol. The zero-order valence-electron chi connectivity index (χ0n) is 18.2. The highest BCUT2D eigenvalue weighted by molar-refractivity contribution is 14.0. The molecule has 1 unspecified atom stereocenters. The number of ether oxygens (including phenoxy) is 2. The maximum absolute atomic E-state index is 11.2. The second-order valence-corrected chi connectivity index (χ2v) is 7.05. The SMILES string of the molecule is CCNC(=NCCOc1cccc(NC(C)=O)c1)N1CCOC(c2cnn(C)c2)C1.I. The van der Waals surface area contributed by atoms with Crippen LogP contribution in [-0.2, 0) is 16.6 Å². The van der Waals surface area contributed by atoms with Crippen molar-refractivity contribution >= 4 is 41.5 Å². The Morgan fingerprint density at radius 2 is 2.26 bits per heavy atom. The number of carbonyl (C=O) groups is 1. The van der Waals surface area contributed by atoms with Crippen molar-refractivity contribution in [3.8, 4) is 5.75 Å². The lowest BCUT2D eigenvalue weighted by Crippen LogP contribution is -2.48. The highest BCUT2D eigenvalue weighted by Gasteiger charge is 2.25. The van der Waals surface area contributed by atoms with E-state index in [0.29, 0.717) is 31.2 Å². The Labute approximate surface area is 200 Å². The van der Waals surface area contributed by atoms with Crippen LogP contribution >= 0.6 is 24.0 Å². The topological polar surface area (TPSA) is 93.0 Å². The zero-order chi connectivity index (χ0) is 21.3. The Balaban J connectivity index is 0.00000341. The molecule has 2 heterocycles. The van der Waals surface area contributed by atoms with Crippen LogP contribution in [0, 0.1) is 0 Å². The van der Waals surface area contributed by atoms with E-state index in [9.17, 15) is 4.79 Å². The number of aliphatic imine (C=N–C) groups is 1. The van der Waals surface area contributed by atoms with E-state index in [1.54, 1.807) is 10.7 Å². The molecular formula is C21H31IN6O3. The van der Waals surface area contributed by atoms with E-state index in [0.717, 1.165) is 31.2 Å². The van der Waals surface area contributed by atoms with Crippen LogP contribution in [0.15, 0.2) is 41.7 Å². The number of nitrogens with one attached hydrogen (secondary N) is 2. The van der Waals surface area contributed by atoms with Crippen LogP contribution in [0.5, 0.6) is 5.75 Å². The van der Waals surface area contributed by atoms with Crippen LogP contribution < -0.4 is 15.4 Å². The van der Waals surface area contributed by atoms with Crippen LogP contribution in [0.4, 0.5) is 5.69 Å². The van der Waals surface area contributed by atoms with Crippen molar-refractivity contribution in [2.45, 2.75) is 20.0 Å². The number of guanidine groups is 1. The molecule has 10 heteroatoms. The molecule has 170 valence electrons. The van der Waals surface area contributed by atoms with Gasteiger partial charge in [0, 0.05) is 50.6 Å². The van der Waals surface area contributed by atoms with Crippen molar-refractivity contribution in [1.82, 2.24) is 20.0 Å². The molecule has 1 aliphatic heterocycles. The van der Waals surface area contributed by atoms with Gasteiger partial charge >= 0.3 is 0 Å². The number of hydrogen-bond acceptors (Lipinski definition) is 5. The molecule has 0 radical (unpaired) electrons. The fourth-order valence-corrected chi connectivity index (χ4v) is 3.26. The van der Waals surface area contributed by atoms with E-state index in [1.807, 2.05) is 37.6 Å². The summed E-state index contributed by atoms with van der Waals surface area (Å²) in [5.74, 6) is 1.44. The molecule has 2 N–H and O–H groups in total. The van der Waals surface area contributed by atoms with E-state index < -0.39 is 0 Å². The molecule has 1 saturated heterocycles. The first kappa shape index (κ1) is 24.9. The summed E-state index contributed by atoms with van der Waals surface area (Å²) < 4.78 is 13.5. The Hall–Kier alpha value is -2.34. The van der Waals surface area contributed by atoms with E-state index in [4.69, 9.17) is 14.5 Å². The van der Waals surface area contributed by atoms with Gasteiger partial charge in [-0.25, -0.2) is 4.99 Å². The molecule has 1 aromatic carbocycles. The van der Waals surface area contributed by atoms with E-state index in [-0.39, 0.29) is 36.0 Å². The third-order valence-electron chi connectivity index (χ3n) is 4.57. The zero-order valence-corrected chi connectivity index (χ0v) is 20.5. The second-order valence-electron chi connectivity index (χ2n) is 7.05. The lowest BCUT2D eigenvalue weighted by atomic mass is 10.1. The lowest BCUT2D eigenvalue weighted by Gasteiger charge is -2.34. The number of carbonyl (C=O) groups excluding carboxylic acids is 1. The smallest absolute Gasteiger partial charge is 0.221 e. The average molecular weight is 542 g/mol. The molecule has 0 aliphatic carbocycles. The molecule has 31 heavy (non-hydrogen) atoms. The normalized spacial score (nSPS) is 16.4. The average Bonchev–Trinajstić information content (AvgIpc) is 3.17. The lowest BCUT2D eigenvalue weighted by molar-refractivity contribution is -0.114. The monoisotopic (exact) mass is 542 g/mol. The molecule has 1 aromatic heterocycles. The van der Waals surface area contributed by atoms with E-state index in [2.05, 4.69) is 27.6 Å². The molecule has 3 rings (SSSR count). The third-order valence-corrected chi connectivity index (χ3v) is 4.57. The first-order valence-corrected chi connectivity index (χ1v) is 10.2. The third kappa shape index (κ3) is 7.69. The largest absolute Gasteiger partial charge is 0.492 e. The van der Waals surface area contributed by atoms with Crippen molar-refractivity contribution in [3.63, 3.8) is 0 Å². The Morgan fingerprint density at radius 1 is 1.42 bits per heavy atom. The van der Waals surface area contributed by atoms with Crippen LogP contribution in [0.25, 0.3) is 0 Å². The number of morpholine rings is 1. The van der Waals surface area contributed by atoms with E-state index >= 15 is 0 Å². The van der Waals surface area contributed by atoms with Gasteiger partial charge in [0.05, 0.1) is 25.9 Å². The molecule has 0 spiro atoms. The molecule has 9 nitrogen and oxygen atoms in total. The molecule has 1 fully saturated rings. The van der Waals surface area contributed by atoms with Crippen LogP contribution in [0.3, 0.4) is 0 Å². The van der Waals surface area contributed by atoms with Gasteiger partial charge < -0.3 is 25.0 Å². The van der Waals surface area contributed by atoms with Gasteiger partial charge in [0.1, 0.15) is 18.5 Å². The van der Waals surface area contributed by atoms with Gasteiger partial charge in [0.15, 0.2) is 5.96 Å². The van der Waals surface area contributed by atoms with Gasteiger partial charge in [-0.2, -0.15) is 5.10 Å². The number of nitrogens with zero attached hydrogens (tertiary/aromatic N) is 4. The minimum Gasteiger partial charge on any atom is -0.492 e. The Morgan fingerprint density at radius 3 is 2.97 bits per heavy atom. The number of amides is 1. The van der Waals surface area contributed by atoms with Crippen LogP contribution in [0.2, 0.25) is 0 Å². The molecule has 1 aliphatic rings. The number of rotatable bonds is 7. The number of hydrogen-bond donors (Lipinski definition) is 2. The van der Waals surface area contributed by atoms with E-state index in [1.165, 1.54) is 6.92 Å². The molecule has 0 bridgehead atoms. The van der Waals surface area contributed by atoms with Crippen LogP contribution in [-0.4, -0.2) is 65.9 Å². The highest BCUT2D eigenvalue weighted by atomic mass is 127. The predicted molar refractivity (Wildman–Crippen MR) is 131 cm³/mol. The number of aromatic nitrogens is 2. The first-order valence-electron chi connectivity index (χ1n) is 10.2. The predicted octanol–water partition coefficient (Wildman–Crippen LogP) is 2.41. The summed E-state index contributed by atoms with van der Waals surface area (Å²) in [6, 6.07) is 7.34. The van der Waals surface area contributed by atoms with Gasteiger partial charge in [-0.3, -0.25) is 9.48 Å². The quantitative estimate of drug-likeness (QED) is 0.242. The van der Waals surface area contributed by atoms with Gasteiger partial charge in [-0.15, -0.1) is 24.0 Å². The first-order chi connectivity index (χ1) is 14.5. The molecule has 1 atom stereocenters. The van der Waals surface area contributed by atoms with Crippen molar-refractivity contribution in [1.29, 1.82) is 0 Å². The summed E-state index contributed by atoms with van der Waals surface area (Å²) in [4.78, 5) is 18.1. The van der Waals surface area contributed by atoms with Crippen molar-refractivity contribution in [3.05, 3.63) is 42.2 Å². The Bertz CT molecular complexity index is 872. The summed E-state index contributed by atoms with van der Waals surface area (Å²) in [7, 11) is 1.90. The number of halogens is 1. The maximum atomic E-state index is 11.2. The molecule has 0 saturated carbocycles. The highest BCUT2D eigenvalue weighted by Crippen LogP contribution is 2.21. The number of benzene rings is 1.